The zero-order chi connectivity index (χ0) is 18.1. The summed E-state index contributed by atoms with van der Waals surface area (Å²) in [6.45, 7) is 2.81. The molecule has 0 aromatic heterocycles. The maximum absolute atomic E-state index is 12.4. The van der Waals surface area contributed by atoms with Gasteiger partial charge in [0.05, 0.1) is 19.8 Å². The van der Waals surface area contributed by atoms with E-state index in [1.807, 2.05) is 30.3 Å². The number of carbonyl (C=O) groups is 2. The zero-order valence-corrected chi connectivity index (χ0v) is 14.9. The molecule has 0 bridgehead atoms. The van der Waals surface area contributed by atoms with Gasteiger partial charge in [-0.2, -0.15) is 0 Å². The van der Waals surface area contributed by atoms with E-state index in [0.717, 1.165) is 31.4 Å². The van der Waals surface area contributed by atoms with Crippen LogP contribution in [-0.4, -0.2) is 50.4 Å². The highest BCUT2D eigenvalue weighted by Gasteiger charge is 2.25. The summed E-state index contributed by atoms with van der Waals surface area (Å²) in [7, 11) is 1.31. The van der Waals surface area contributed by atoms with E-state index in [0.29, 0.717) is 13.0 Å². The standard InChI is InChI=1S/C19H27NO5/c1-14(25-13-16-10-6-7-11-24-16)18(21)20-17(19(22)23-2)12-15-8-4-3-5-9-15/h3-5,8-9,14,16-17H,6-7,10-13H2,1-2H3,(H,20,21)/t14-,16+,17-/m0/s1. The van der Waals surface area contributed by atoms with Gasteiger partial charge in [0, 0.05) is 13.0 Å². The molecule has 1 aromatic rings. The first-order valence-corrected chi connectivity index (χ1v) is 8.75. The summed E-state index contributed by atoms with van der Waals surface area (Å²) in [5.74, 6) is -0.804. The molecule has 1 N–H and O–H groups in total. The van der Waals surface area contributed by atoms with E-state index in [1.54, 1.807) is 6.92 Å². The summed E-state index contributed by atoms with van der Waals surface area (Å²) in [6.07, 6.45) is 2.91. The molecule has 1 amide bonds. The van der Waals surface area contributed by atoms with Gasteiger partial charge in [0.25, 0.3) is 0 Å². The van der Waals surface area contributed by atoms with Crippen molar-refractivity contribution in [3.05, 3.63) is 35.9 Å². The van der Waals surface area contributed by atoms with Crippen LogP contribution < -0.4 is 5.32 Å². The van der Waals surface area contributed by atoms with Crippen LogP contribution in [0.2, 0.25) is 0 Å². The number of hydrogen-bond acceptors (Lipinski definition) is 5. The molecular formula is C19H27NO5. The van der Waals surface area contributed by atoms with E-state index in [2.05, 4.69) is 5.32 Å². The molecule has 1 fully saturated rings. The highest BCUT2D eigenvalue weighted by atomic mass is 16.5. The number of ether oxygens (including phenoxy) is 3. The van der Waals surface area contributed by atoms with Crippen LogP contribution in [0.4, 0.5) is 0 Å². The fourth-order valence-electron chi connectivity index (χ4n) is 2.74. The van der Waals surface area contributed by atoms with E-state index in [4.69, 9.17) is 14.2 Å². The average Bonchev–Trinajstić information content (AvgIpc) is 2.66. The van der Waals surface area contributed by atoms with Gasteiger partial charge in [-0.25, -0.2) is 4.79 Å². The Balaban J connectivity index is 1.85. The predicted octanol–water partition coefficient (Wildman–Crippen LogP) is 1.86. The quantitative estimate of drug-likeness (QED) is 0.725. The topological polar surface area (TPSA) is 73.9 Å². The number of nitrogens with one attached hydrogen (secondary N) is 1. The Labute approximate surface area is 148 Å². The van der Waals surface area contributed by atoms with Crippen LogP contribution in [0.15, 0.2) is 30.3 Å². The fraction of sp³-hybridized carbons (Fsp3) is 0.579. The lowest BCUT2D eigenvalue weighted by molar-refractivity contribution is -0.147. The second-order valence-electron chi connectivity index (χ2n) is 6.24. The summed E-state index contributed by atoms with van der Waals surface area (Å²) in [5.41, 5.74) is 0.947. The monoisotopic (exact) mass is 349 g/mol. The minimum absolute atomic E-state index is 0.0460. The van der Waals surface area contributed by atoms with E-state index >= 15 is 0 Å². The van der Waals surface area contributed by atoms with Gasteiger partial charge in [-0.3, -0.25) is 4.79 Å². The number of carbonyl (C=O) groups excluding carboxylic acids is 2. The SMILES string of the molecule is COC(=O)[C@H](Cc1ccccc1)NC(=O)[C@H](C)OC[C@H]1CCCCO1. The highest BCUT2D eigenvalue weighted by Crippen LogP contribution is 2.13. The lowest BCUT2D eigenvalue weighted by atomic mass is 10.1. The first kappa shape index (κ1) is 19.4. The summed E-state index contributed by atoms with van der Waals surface area (Å²) < 4.78 is 16.0. The molecule has 1 aliphatic heterocycles. The van der Waals surface area contributed by atoms with Crippen molar-refractivity contribution in [2.45, 2.75) is 50.9 Å². The van der Waals surface area contributed by atoms with Gasteiger partial charge in [0.2, 0.25) is 5.91 Å². The van der Waals surface area contributed by atoms with Crippen molar-refractivity contribution in [3.8, 4) is 0 Å². The largest absolute Gasteiger partial charge is 0.467 e. The van der Waals surface area contributed by atoms with E-state index < -0.39 is 18.1 Å². The third-order valence-corrected chi connectivity index (χ3v) is 4.26. The van der Waals surface area contributed by atoms with Crippen LogP contribution in [0.25, 0.3) is 0 Å². The molecule has 0 aliphatic carbocycles. The third kappa shape index (κ3) is 6.48. The number of amides is 1. The van der Waals surface area contributed by atoms with Crippen molar-refractivity contribution < 1.29 is 23.8 Å². The molecule has 1 aromatic carbocycles. The van der Waals surface area contributed by atoms with Gasteiger partial charge in [0.1, 0.15) is 12.1 Å². The van der Waals surface area contributed by atoms with Gasteiger partial charge < -0.3 is 19.5 Å². The molecule has 0 unspecified atom stereocenters. The number of methoxy groups -OCH3 is 1. The molecule has 0 saturated carbocycles. The molecule has 138 valence electrons. The van der Waals surface area contributed by atoms with Crippen LogP contribution in [0.3, 0.4) is 0 Å². The Morgan fingerprint density at radius 2 is 2.04 bits per heavy atom. The molecule has 0 spiro atoms. The van der Waals surface area contributed by atoms with Gasteiger partial charge in [-0.15, -0.1) is 0 Å². The molecule has 0 radical (unpaired) electrons. The predicted molar refractivity (Wildman–Crippen MR) is 93.1 cm³/mol. The van der Waals surface area contributed by atoms with Gasteiger partial charge >= 0.3 is 5.97 Å². The Morgan fingerprint density at radius 1 is 1.28 bits per heavy atom. The second-order valence-corrected chi connectivity index (χ2v) is 6.24. The Hall–Kier alpha value is -1.92. The van der Waals surface area contributed by atoms with Crippen LogP contribution in [0, 0.1) is 0 Å². The van der Waals surface area contributed by atoms with Crippen molar-refractivity contribution in [1.29, 1.82) is 0 Å². The van der Waals surface area contributed by atoms with Crippen LogP contribution in [0.5, 0.6) is 0 Å². The minimum atomic E-state index is -0.739. The van der Waals surface area contributed by atoms with Crippen molar-refractivity contribution >= 4 is 11.9 Å². The van der Waals surface area contributed by atoms with Gasteiger partial charge in [0.15, 0.2) is 0 Å². The van der Waals surface area contributed by atoms with E-state index in [-0.39, 0.29) is 12.0 Å². The maximum Gasteiger partial charge on any atom is 0.328 e. The molecule has 1 aliphatic rings. The smallest absolute Gasteiger partial charge is 0.328 e. The number of esters is 1. The number of benzene rings is 1. The van der Waals surface area contributed by atoms with Crippen molar-refractivity contribution in [1.82, 2.24) is 5.32 Å². The molecule has 25 heavy (non-hydrogen) atoms. The van der Waals surface area contributed by atoms with Crippen molar-refractivity contribution in [2.75, 3.05) is 20.3 Å². The number of hydrogen-bond donors (Lipinski definition) is 1. The fourth-order valence-corrected chi connectivity index (χ4v) is 2.74. The first-order valence-electron chi connectivity index (χ1n) is 8.75. The maximum atomic E-state index is 12.4. The van der Waals surface area contributed by atoms with Crippen molar-refractivity contribution in [3.63, 3.8) is 0 Å². The average molecular weight is 349 g/mol. The second kappa shape index (κ2) is 10.2. The van der Waals surface area contributed by atoms with Crippen LogP contribution in [-0.2, 0) is 30.2 Å². The van der Waals surface area contributed by atoms with Gasteiger partial charge in [-0.1, -0.05) is 30.3 Å². The first-order chi connectivity index (χ1) is 12.1. The summed E-state index contributed by atoms with van der Waals surface area (Å²) in [4.78, 5) is 24.3. The Morgan fingerprint density at radius 3 is 2.68 bits per heavy atom. The Bertz CT molecular complexity index is 542. The molecule has 6 heteroatoms. The summed E-state index contributed by atoms with van der Waals surface area (Å²) in [5, 5.41) is 2.72. The number of rotatable bonds is 8. The van der Waals surface area contributed by atoms with Crippen molar-refractivity contribution in [2.24, 2.45) is 0 Å². The van der Waals surface area contributed by atoms with E-state index in [9.17, 15) is 9.59 Å². The normalized spacial score (nSPS) is 19.7. The lowest BCUT2D eigenvalue weighted by Crippen LogP contribution is -2.47. The molecule has 2 rings (SSSR count). The third-order valence-electron chi connectivity index (χ3n) is 4.26. The zero-order valence-electron chi connectivity index (χ0n) is 14.9. The highest BCUT2D eigenvalue weighted by molar-refractivity contribution is 5.86. The van der Waals surface area contributed by atoms with Crippen LogP contribution >= 0.6 is 0 Å². The van der Waals surface area contributed by atoms with E-state index in [1.165, 1.54) is 7.11 Å². The molecule has 6 nitrogen and oxygen atoms in total. The molecule has 1 saturated heterocycles. The van der Waals surface area contributed by atoms with Crippen LogP contribution in [0.1, 0.15) is 31.7 Å². The molecule has 3 atom stereocenters. The minimum Gasteiger partial charge on any atom is -0.467 e. The molecular weight excluding hydrogens is 322 g/mol. The van der Waals surface area contributed by atoms with Gasteiger partial charge in [-0.05, 0) is 31.7 Å². The lowest BCUT2D eigenvalue weighted by Gasteiger charge is -2.24. The molecule has 1 heterocycles. The Kier molecular flexibility index (Phi) is 7.88. The summed E-state index contributed by atoms with van der Waals surface area (Å²) >= 11 is 0. The summed E-state index contributed by atoms with van der Waals surface area (Å²) in [6, 6.07) is 8.75.